The molecule has 0 spiro atoms. The van der Waals surface area contributed by atoms with E-state index in [0.717, 1.165) is 48.5 Å². The van der Waals surface area contributed by atoms with Crippen LogP contribution in [-0.4, -0.2) is 37.7 Å². The fraction of sp³-hybridized carbons (Fsp3) is 0.529. The highest BCUT2D eigenvalue weighted by atomic mass is 79.9. The first-order valence-corrected chi connectivity index (χ1v) is 8.28. The number of rotatable bonds is 10. The molecule has 0 radical (unpaired) electrons. The van der Waals surface area contributed by atoms with Gasteiger partial charge in [-0.1, -0.05) is 35.7 Å². The van der Waals surface area contributed by atoms with E-state index in [1.807, 2.05) is 12.1 Å². The van der Waals surface area contributed by atoms with Gasteiger partial charge in [-0.15, -0.1) is 6.42 Å². The van der Waals surface area contributed by atoms with Crippen LogP contribution in [0.3, 0.4) is 0 Å². The van der Waals surface area contributed by atoms with Crippen molar-refractivity contribution in [1.82, 2.24) is 10.2 Å². The van der Waals surface area contributed by atoms with Crippen molar-refractivity contribution >= 4 is 15.9 Å². The molecule has 0 atom stereocenters. The summed E-state index contributed by atoms with van der Waals surface area (Å²) in [4.78, 5) is 2.45. The van der Waals surface area contributed by atoms with Gasteiger partial charge in [0.1, 0.15) is 12.4 Å². The molecule has 0 saturated carbocycles. The van der Waals surface area contributed by atoms with Crippen LogP contribution in [0.15, 0.2) is 22.7 Å². The molecular weight excluding hydrogens is 328 g/mol. The van der Waals surface area contributed by atoms with Crippen LogP contribution >= 0.6 is 15.9 Å². The summed E-state index contributed by atoms with van der Waals surface area (Å²) in [7, 11) is 0. The Labute approximate surface area is 137 Å². The lowest BCUT2D eigenvalue weighted by atomic mass is 10.2. The van der Waals surface area contributed by atoms with Crippen molar-refractivity contribution in [2.45, 2.75) is 26.8 Å². The van der Waals surface area contributed by atoms with Crippen molar-refractivity contribution in [3.8, 4) is 18.1 Å². The van der Waals surface area contributed by atoms with Crippen LogP contribution in [0.5, 0.6) is 5.75 Å². The number of benzene rings is 1. The predicted octanol–water partition coefficient (Wildman–Crippen LogP) is 3.28. The lowest BCUT2D eigenvalue weighted by Gasteiger charge is -2.19. The van der Waals surface area contributed by atoms with Gasteiger partial charge in [0.05, 0.1) is 0 Å². The van der Waals surface area contributed by atoms with Crippen LogP contribution in [0, 0.1) is 12.3 Å². The van der Waals surface area contributed by atoms with Gasteiger partial charge in [-0.2, -0.15) is 0 Å². The van der Waals surface area contributed by atoms with E-state index in [9.17, 15) is 0 Å². The largest absolute Gasteiger partial charge is 0.481 e. The lowest BCUT2D eigenvalue weighted by Crippen LogP contribution is -2.32. The Morgan fingerprint density at radius 1 is 1.33 bits per heavy atom. The Morgan fingerprint density at radius 2 is 2.14 bits per heavy atom. The number of ether oxygens (including phenoxy) is 1. The van der Waals surface area contributed by atoms with Crippen LogP contribution < -0.4 is 10.1 Å². The topological polar surface area (TPSA) is 24.5 Å². The number of nitrogens with zero attached hydrogens (tertiary/aromatic N) is 1. The fourth-order valence-corrected chi connectivity index (χ4v) is 2.56. The summed E-state index contributed by atoms with van der Waals surface area (Å²) in [6.45, 7) is 9.79. The third-order valence-electron chi connectivity index (χ3n) is 3.24. The van der Waals surface area contributed by atoms with E-state index in [1.165, 1.54) is 6.42 Å². The summed E-state index contributed by atoms with van der Waals surface area (Å²) in [5, 5.41) is 3.47. The fourth-order valence-electron chi connectivity index (χ4n) is 2.15. The van der Waals surface area contributed by atoms with E-state index >= 15 is 0 Å². The van der Waals surface area contributed by atoms with Gasteiger partial charge < -0.3 is 15.0 Å². The van der Waals surface area contributed by atoms with Crippen molar-refractivity contribution in [2.24, 2.45) is 0 Å². The molecule has 1 rings (SSSR count). The summed E-state index contributed by atoms with van der Waals surface area (Å²) in [6.07, 6.45) is 6.45. The summed E-state index contributed by atoms with van der Waals surface area (Å²) in [5.74, 6) is 3.35. The average Bonchev–Trinajstić information content (AvgIpc) is 2.49. The highest BCUT2D eigenvalue weighted by molar-refractivity contribution is 9.10. The minimum absolute atomic E-state index is 0.300. The molecule has 116 valence electrons. The SMILES string of the molecule is C#CCOc1ccc(Br)cc1CNCCN(CC)CCC. The van der Waals surface area contributed by atoms with Crippen LogP contribution in [0.25, 0.3) is 0 Å². The lowest BCUT2D eigenvalue weighted by molar-refractivity contribution is 0.287. The van der Waals surface area contributed by atoms with E-state index in [0.29, 0.717) is 6.61 Å². The highest BCUT2D eigenvalue weighted by Gasteiger charge is 2.05. The monoisotopic (exact) mass is 352 g/mol. The Hall–Kier alpha value is -1.02. The van der Waals surface area contributed by atoms with Gasteiger partial charge in [0.15, 0.2) is 0 Å². The number of hydrogen-bond acceptors (Lipinski definition) is 3. The second-order valence-corrected chi connectivity index (χ2v) is 5.77. The zero-order chi connectivity index (χ0) is 15.5. The zero-order valence-electron chi connectivity index (χ0n) is 13.0. The first-order valence-electron chi connectivity index (χ1n) is 7.49. The Kier molecular flexibility index (Phi) is 9.16. The van der Waals surface area contributed by atoms with Crippen LogP contribution in [-0.2, 0) is 6.54 Å². The molecular formula is C17H25BrN2O. The van der Waals surface area contributed by atoms with Crippen LogP contribution in [0.2, 0.25) is 0 Å². The van der Waals surface area contributed by atoms with E-state index in [2.05, 4.69) is 52.0 Å². The molecule has 0 aliphatic rings. The third-order valence-corrected chi connectivity index (χ3v) is 3.73. The Morgan fingerprint density at radius 3 is 2.81 bits per heavy atom. The minimum atomic E-state index is 0.300. The van der Waals surface area contributed by atoms with Crippen molar-refractivity contribution in [3.05, 3.63) is 28.2 Å². The number of halogens is 1. The molecule has 4 heteroatoms. The molecule has 0 bridgehead atoms. The molecule has 21 heavy (non-hydrogen) atoms. The van der Waals surface area contributed by atoms with Gasteiger partial charge in [-0.25, -0.2) is 0 Å². The second-order valence-electron chi connectivity index (χ2n) is 4.86. The second kappa shape index (κ2) is 10.7. The van der Waals surface area contributed by atoms with Gasteiger partial charge >= 0.3 is 0 Å². The maximum atomic E-state index is 5.57. The summed E-state index contributed by atoms with van der Waals surface area (Å²) in [5.41, 5.74) is 1.12. The first-order chi connectivity index (χ1) is 10.2. The zero-order valence-corrected chi connectivity index (χ0v) is 14.6. The summed E-state index contributed by atoms with van der Waals surface area (Å²) in [6, 6.07) is 5.99. The molecule has 0 unspecified atom stereocenters. The van der Waals surface area contributed by atoms with Gasteiger partial charge in [0, 0.05) is 29.7 Å². The van der Waals surface area contributed by atoms with Crippen molar-refractivity contribution < 1.29 is 4.74 Å². The summed E-state index contributed by atoms with van der Waals surface area (Å²) >= 11 is 3.50. The van der Waals surface area contributed by atoms with E-state index < -0.39 is 0 Å². The number of terminal acetylenes is 1. The molecule has 0 aliphatic heterocycles. The van der Waals surface area contributed by atoms with Gasteiger partial charge in [-0.3, -0.25) is 0 Å². The number of likely N-dealkylation sites (N-methyl/N-ethyl adjacent to an activating group) is 1. The molecule has 3 nitrogen and oxygen atoms in total. The van der Waals surface area contributed by atoms with Gasteiger partial charge in [0.25, 0.3) is 0 Å². The maximum absolute atomic E-state index is 5.57. The molecule has 0 heterocycles. The number of nitrogens with one attached hydrogen (secondary N) is 1. The molecule has 1 aromatic rings. The van der Waals surface area contributed by atoms with Gasteiger partial charge in [-0.05, 0) is 37.7 Å². The van der Waals surface area contributed by atoms with E-state index in [1.54, 1.807) is 0 Å². The van der Waals surface area contributed by atoms with Crippen molar-refractivity contribution in [2.75, 3.05) is 32.8 Å². The molecule has 0 amide bonds. The number of hydrogen-bond donors (Lipinski definition) is 1. The quantitative estimate of drug-likeness (QED) is 0.516. The standard InChI is InChI=1S/C17H25BrN2O/c1-4-10-20(6-3)11-9-19-14-15-13-16(18)7-8-17(15)21-12-5-2/h2,7-8,13,19H,4,6,9-12,14H2,1,3H3. The summed E-state index contributed by atoms with van der Waals surface area (Å²) < 4.78 is 6.62. The average molecular weight is 353 g/mol. The van der Waals surface area contributed by atoms with Crippen LogP contribution in [0.1, 0.15) is 25.8 Å². The minimum Gasteiger partial charge on any atom is -0.481 e. The van der Waals surface area contributed by atoms with E-state index in [-0.39, 0.29) is 0 Å². The molecule has 0 saturated heterocycles. The molecule has 1 N–H and O–H groups in total. The van der Waals surface area contributed by atoms with Gasteiger partial charge in [0.2, 0.25) is 0 Å². The smallest absolute Gasteiger partial charge is 0.148 e. The van der Waals surface area contributed by atoms with Crippen molar-refractivity contribution in [1.29, 1.82) is 0 Å². The molecule has 0 aromatic heterocycles. The normalized spacial score (nSPS) is 10.6. The predicted molar refractivity (Wildman–Crippen MR) is 92.6 cm³/mol. The van der Waals surface area contributed by atoms with Crippen molar-refractivity contribution in [3.63, 3.8) is 0 Å². The first kappa shape index (κ1) is 18.0. The highest BCUT2D eigenvalue weighted by Crippen LogP contribution is 2.23. The maximum Gasteiger partial charge on any atom is 0.148 e. The third kappa shape index (κ3) is 6.99. The molecule has 0 fully saturated rings. The molecule has 1 aromatic carbocycles. The Balaban J connectivity index is 2.46. The molecule has 0 aliphatic carbocycles. The van der Waals surface area contributed by atoms with E-state index in [4.69, 9.17) is 11.2 Å². The van der Waals surface area contributed by atoms with Crippen LogP contribution in [0.4, 0.5) is 0 Å². The Bertz CT molecular complexity index is 457.